The third-order valence-corrected chi connectivity index (χ3v) is 3.94. The first-order valence-corrected chi connectivity index (χ1v) is 9.13. The van der Waals surface area contributed by atoms with Crippen molar-refractivity contribution in [3.05, 3.63) is 11.6 Å². The standard InChI is InChI=1S/C17H33N7/c1-6-14-22-15-9-8-13(12-24(15)23-14)21-16(18-7-2)19-10-11-20-17(3,4)5/h13,20H,6-12H2,1-5H3,(H2,18,19,21). The molecule has 1 aromatic heterocycles. The van der Waals surface area contributed by atoms with Crippen LogP contribution in [0.15, 0.2) is 4.99 Å². The highest BCUT2D eigenvalue weighted by atomic mass is 15.4. The van der Waals surface area contributed by atoms with E-state index in [4.69, 9.17) is 0 Å². The van der Waals surface area contributed by atoms with Gasteiger partial charge in [-0.1, -0.05) is 6.92 Å². The summed E-state index contributed by atoms with van der Waals surface area (Å²) in [5, 5.41) is 14.9. The van der Waals surface area contributed by atoms with Crippen molar-refractivity contribution in [1.82, 2.24) is 30.7 Å². The van der Waals surface area contributed by atoms with Crippen molar-refractivity contribution in [3.63, 3.8) is 0 Å². The summed E-state index contributed by atoms with van der Waals surface area (Å²) < 4.78 is 2.05. The number of aliphatic imine (C=N–C) groups is 1. The fraction of sp³-hybridized carbons (Fsp3) is 0.824. The van der Waals surface area contributed by atoms with Gasteiger partial charge in [0.05, 0.1) is 13.1 Å². The van der Waals surface area contributed by atoms with E-state index in [9.17, 15) is 0 Å². The summed E-state index contributed by atoms with van der Waals surface area (Å²) in [6, 6.07) is 0.345. The molecule has 136 valence electrons. The Balaban J connectivity index is 1.88. The molecule has 0 saturated carbocycles. The summed E-state index contributed by atoms with van der Waals surface area (Å²) in [4.78, 5) is 9.25. The quantitative estimate of drug-likeness (QED) is 0.412. The maximum absolute atomic E-state index is 4.67. The fourth-order valence-corrected chi connectivity index (χ4v) is 2.74. The van der Waals surface area contributed by atoms with E-state index in [1.165, 1.54) is 0 Å². The molecule has 2 heterocycles. The molecule has 1 aromatic rings. The molecule has 0 amide bonds. The van der Waals surface area contributed by atoms with Crippen LogP contribution in [0.5, 0.6) is 0 Å². The van der Waals surface area contributed by atoms with Gasteiger partial charge in [0.2, 0.25) is 0 Å². The normalized spacial score (nSPS) is 18.4. The number of hydrogen-bond donors (Lipinski definition) is 3. The molecule has 0 radical (unpaired) electrons. The van der Waals surface area contributed by atoms with Crippen LogP contribution >= 0.6 is 0 Å². The topological polar surface area (TPSA) is 79.2 Å². The van der Waals surface area contributed by atoms with Crippen LogP contribution in [-0.2, 0) is 19.4 Å². The Bertz CT molecular complexity index is 542. The molecule has 7 heteroatoms. The molecule has 1 atom stereocenters. The molecule has 0 bridgehead atoms. The maximum Gasteiger partial charge on any atom is 0.191 e. The van der Waals surface area contributed by atoms with Gasteiger partial charge >= 0.3 is 0 Å². The average Bonchev–Trinajstić information content (AvgIpc) is 2.93. The van der Waals surface area contributed by atoms with Crippen LogP contribution in [0.2, 0.25) is 0 Å². The van der Waals surface area contributed by atoms with E-state index in [1.54, 1.807) is 0 Å². The minimum absolute atomic E-state index is 0.130. The lowest BCUT2D eigenvalue weighted by Crippen LogP contribution is -2.47. The van der Waals surface area contributed by atoms with E-state index in [0.29, 0.717) is 6.04 Å². The molecule has 1 aliphatic heterocycles. The molecule has 7 nitrogen and oxygen atoms in total. The van der Waals surface area contributed by atoms with Crippen molar-refractivity contribution in [1.29, 1.82) is 0 Å². The summed E-state index contributed by atoms with van der Waals surface area (Å²) >= 11 is 0. The Morgan fingerprint density at radius 1 is 1.33 bits per heavy atom. The van der Waals surface area contributed by atoms with Crippen LogP contribution in [0, 0.1) is 0 Å². The molecule has 0 spiro atoms. The summed E-state index contributed by atoms with van der Waals surface area (Å²) in [6.45, 7) is 14.0. The zero-order chi connectivity index (χ0) is 17.6. The van der Waals surface area contributed by atoms with Gasteiger partial charge in [0.15, 0.2) is 11.8 Å². The van der Waals surface area contributed by atoms with Crippen molar-refractivity contribution in [2.45, 2.75) is 72.0 Å². The first-order chi connectivity index (χ1) is 11.4. The van der Waals surface area contributed by atoms with Gasteiger partial charge in [-0.15, -0.1) is 0 Å². The summed E-state index contributed by atoms with van der Waals surface area (Å²) in [5.74, 6) is 2.94. The van der Waals surface area contributed by atoms with Gasteiger partial charge in [-0.25, -0.2) is 9.67 Å². The van der Waals surface area contributed by atoms with Gasteiger partial charge in [0.25, 0.3) is 0 Å². The SMILES string of the molecule is CCNC(=NCCNC(C)(C)C)NC1CCc2nc(CC)nn2C1. The smallest absolute Gasteiger partial charge is 0.191 e. The molecule has 24 heavy (non-hydrogen) atoms. The van der Waals surface area contributed by atoms with Crippen LogP contribution in [0.3, 0.4) is 0 Å². The maximum atomic E-state index is 4.67. The first-order valence-electron chi connectivity index (χ1n) is 9.13. The third kappa shape index (κ3) is 5.78. The summed E-state index contributed by atoms with van der Waals surface area (Å²) in [7, 11) is 0. The van der Waals surface area contributed by atoms with Crippen LogP contribution in [-0.4, -0.2) is 51.9 Å². The van der Waals surface area contributed by atoms with Gasteiger partial charge in [-0.3, -0.25) is 4.99 Å². The number of aryl methyl sites for hydroxylation is 2. The lowest BCUT2D eigenvalue weighted by Gasteiger charge is -2.25. The van der Waals surface area contributed by atoms with E-state index in [-0.39, 0.29) is 5.54 Å². The first kappa shape index (κ1) is 18.7. The van der Waals surface area contributed by atoms with E-state index < -0.39 is 0 Å². The third-order valence-electron chi connectivity index (χ3n) is 3.94. The highest BCUT2D eigenvalue weighted by Crippen LogP contribution is 2.13. The Kier molecular flexibility index (Phi) is 6.60. The van der Waals surface area contributed by atoms with E-state index in [0.717, 1.165) is 63.0 Å². The average molecular weight is 336 g/mol. The van der Waals surface area contributed by atoms with Crippen molar-refractivity contribution >= 4 is 5.96 Å². The van der Waals surface area contributed by atoms with Crippen molar-refractivity contribution < 1.29 is 0 Å². The number of fused-ring (bicyclic) bond motifs is 1. The number of nitrogens with zero attached hydrogens (tertiary/aromatic N) is 4. The van der Waals surface area contributed by atoms with Crippen molar-refractivity contribution in [3.8, 4) is 0 Å². The second kappa shape index (κ2) is 8.46. The van der Waals surface area contributed by atoms with E-state index in [2.05, 4.69) is 65.6 Å². The summed E-state index contributed by atoms with van der Waals surface area (Å²) in [6.07, 6.45) is 2.92. The zero-order valence-corrected chi connectivity index (χ0v) is 15.8. The van der Waals surface area contributed by atoms with Crippen LogP contribution in [0.4, 0.5) is 0 Å². The van der Waals surface area contributed by atoms with Gasteiger partial charge < -0.3 is 16.0 Å². The molecule has 0 aromatic carbocycles. The van der Waals surface area contributed by atoms with Crippen molar-refractivity contribution in [2.24, 2.45) is 4.99 Å². The highest BCUT2D eigenvalue weighted by molar-refractivity contribution is 5.80. The van der Waals surface area contributed by atoms with Crippen LogP contribution in [0.1, 0.15) is 52.7 Å². The molecule has 0 aliphatic carbocycles. The lowest BCUT2D eigenvalue weighted by atomic mass is 10.1. The monoisotopic (exact) mass is 335 g/mol. The molecular weight excluding hydrogens is 302 g/mol. The van der Waals surface area contributed by atoms with Crippen LogP contribution in [0.25, 0.3) is 0 Å². The molecule has 2 rings (SSSR count). The molecule has 1 aliphatic rings. The highest BCUT2D eigenvalue weighted by Gasteiger charge is 2.22. The Labute approximate surface area is 145 Å². The van der Waals surface area contributed by atoms with Crippen LogP contribution < -0.4 is 16.0 Å². The predicted octanol–water partition coefficient (Wildman–Crippen LogP) is 1.10. The number of rotatable bonds is 6. The van der Waals surface area contributed by atoms with Gasteiger partial charge in [0.1, 0.15) is 5.82 Å². The second-order valence-corrected chi connectivity index (χ2v) is 7.30. The van der Waals surface area contributed by atoms with E-state index >= 15 is 0 Å². The Hall–Kier alpha value is -1.63. The lowest BCUT2D eigenvalue weighted by molar-refractivity contribution is 0.391. The molecule has 3 N–H and O–H groups in total. The minimum Gasteiger partial charge on any atom is -0.357 e. The number of nitrogens with one attached hydrogen (secondary N) is 3. The predicted molar refractivity (Wildman–Crippen MR) is 98.4 cm³/mol. The molecule has 0 saturated heterocycles. The second-order valence-electron chi connectivity index (χ2n) is 7.30. The largest absolute Gasteiger partial charge is 0.357 e. The zero-order valence-electron chi connectivity index (χ0n) is 15.8. The van der Waals surface area contributed by atoms with Gasteiger partial charge in [0, 0.05) is 37.5 Å². The Morgan fingerprint density at radius 3 is 2.79 bits per heavy atom. The number of hydrogen-bond acceptors (Lipinski definition) is 4. The molecule has 0 fully saturated rings. The minimum atomic E-state index is 0.130. The molecule has 1 unspecified atom stereocenters. The summed E-state index contributed by atoms with van der Waals surface area (Å²) in [5.41, 5.74) is 0.130. The number of aromatic nitrogens is 3. The molecular formula is C17H33N7. The van der Waals surface area contributed by atoms with E-state index in [1.807, 2.05) is 4.68 Å². The van der Waals surface area contributed by atoms with Crippen molar-refractivity contribution in [2.75, 3.05) is 19.6 Å². The van der Waals surface area contributed by atoms with Gasteiger partial charge in [-0.05, 0) is 34.1 Å². The number of guanidine groups is 1. The fourth-order valence-electron chi connectivity index (χ4n) is 2.74. The van der Waals surface area contributed by atoms with Gasteiger partial charge in [-0.2, -0.15) is 5.10 Å². The Morgan fingerprint density at radius 2 is 2.12 bits per heavy atom.